The lowest BCUT2D eigenvalue weighted by molar-refractivity contribution is 0.138. The molecule has 0 bridgehead atoms. The van der Waals surface area contributed by atoms with Gasteiger partial charge in [-0.2, -0.15) is 0 Å². The van der Waals surface area contributed by atoms with Gasteiger partial charge in [0.1, 0.15) is 0 Å². The zero-order chi connectivity index (χ0) is 7.72. The van der Waals surface area contributed by atoms with Crippen LogP contribution in [0, 0.1) is 0 Å². The quantitative estimate of drug-likeness (QED) is 0.654. The Hall–Kier alpha value is -0.510. The number of hydrogen-bond donors (Lipinski definition) is 1. The summed E-state index contributed by atoms with van der Waals surface area (Å²) in [6.07, 6.45) is -0.836. The zero-order valence-corrected chi connectivity index (χ0v) is 7.18. The highest BCUT2D eigenvalue weighted by atomic mass is 79.9. The van der Waals surface area contributed by atoms with Gasteiger partial charge >= 0.3 is 6.09 Å². The minimum absolute atomic E-state index is 0.562. The Morgan fingerprint density at radius 1 is 1.70 bits per heavy atom. The average Bonchev–Trinajstić information content (AvgIpc) is 1.56. The monoisotopic (exact) mass is 205 g/mol. The SMILES string of the molecule is CC(Br)=C1CN(C(=O)O)C1. The lowest BCUT2D eigenvalue weighted by Gasteiger charge is -2.31. The first-order valence-corrected chi connectivity index (χ1v) is 3.72. The molecule has 1 N–H and O–H groups in total. The molecule has 0 aliphatic carbocycles. The maximum atomic E-state index is 10.2. The summed E-state index contributed by atoms with van der Waals surface area (Å²) >= 11 is 3.29. The molecule has 1 amide bonds. The van der Waals surface area contributed by atoms with Crippen molar-refractivity contribution >= 4 is 22.0 Å². The van der Waals surface area contributed by atoms with Gasteiger partial charge in [-0.05, 0) is 17.0 Å². The first-order valence-electron chi connectivity index (χ1n) is 2.93. The van der Waals surface area contributed by atoms with E-state index in [1.807, 2.05) is 6.92 Å². The van der Waals surface area contributed by atoms with E-state index in [0.29, 0.717) is 13.1 Å². The van der Waals surface area contributed by atoms with Crippen LogP contribution in [0.3, 0.4) is 0 Å². The maximum Gasteiger partial charge on any atom is 0.407 e. The fourth-order valence-electron chi connectivity index (χ4n) is 0.768. The Morgan fingerprint density at radius 3 is 2.50 bits per heavy atom. The zero-order valence-electron chi connectivity index (χ0n) is 5.59. The van der Waals surface area contributed by atoms with Crippen molar-refractivity contribution in [2.24, 2.45) is 0 Å². The van der Waals surface area contributed by atoms with Gasteiger partial charge in [0.25, 0.3) is 0 Å². The molecule has 1 heterocycles. The van der Waals surface area contributed by atoms with Crippen LogP contribution in [0.4, 0.5) is 4.79 Å². The molecule has 0 spiro atoms. The van der Waals surface area contributed by atoms with Crippen LogP contribution in [-0.2, 0) is 0 Å². The second kappa shape index (κ2) is 2.62. The highest BCUT2D eigenvalue weighted by Crippen LogP contribution is 2.21. The van der Waals surface area contributed by atoms with Gasteiger partial charge in [0.05, 0.1) is 0 Å². The number of allylic oxidation sites excluding steroid dienone is 1. The molecule has 1 fully saturated rings. The number of nitrogens with zero attached hydrogens (tertiary/aromatic N) is 1. The molecule has 0 aromatic rings. The average molecular weight is 206 g/mol. The number of carboxylic acid groups (broad SMARTS) is 1. The van der Waals surface area contributed by atoms with E-state index in [-0.39, 0.29) is 0 Å². The number of hydrogen-bond acceptors (Lipinski definition) is 1. The molecule has 0 saturated carbocycles. The third-order valence-electron chi connectivity index (χ3n) is 1.52. The summed E-state index contributed by atoms with van der Waals surface area (Å²) in [5, 5.41) is 8.42. The number of carbonyl (C=O) groups is 1. The van der Waals surface area contributed by atoms with Crippen LogP contribution >= 0.6 is 15.9 Å². The topological polar surface area (TPSA) is 40.5 Å². The molecule has 1 rings (SSSR count). The van der Waals surface area contributed by atoms with Crippen molar-refractivity contribution in [3.8, 4) is 0 Å². The maximum absolute atomic E-state index is 10.2. The van der Waals surface area contributed by atoms with Crippen molar-refractivity contribution in [2.45, 2.75) is 6.92 Å². The van der Waals surface area contributed by atoms with E-state index >= 15 is 0 Å². The molecule has 1 aliphatic rings. The minimum Gasteiger partial charge on any atom is -0.465 e. The summed E-state index contributed by atoms with van der Waals surface area (Å²) in [5.41, 5.74) is 1.17. The lowest BCUT2D eigenvalue weighted by Crippen LogP contribution is -2.43. The summed E-state index contributed by atoms with van der Waals surface area (Å²) in [6.45, 7) is 3.05. The predicted molar refractivity (Wildman–Crippen MR) is 41.2 cm³/mol. The van der Waals surface area contributed by atoms with Crippen molar-refractivity contribution in [1.29, 1.82) is 0 Å². The molecule has 4 heteroatoms. The van der Waals surface area contributed by atoms with Crippen LogP contribution in [0.1, 0.15) is 6.92 Å². The Kier molecular flexibility index (Phi) is 1.99. The van der Waals surface area contributed by atoms with E-state index in [2.05, 4.69) is 15.9 Å². The van der Waals surface area contributed by atoms with Gasteiger partial charge in [-0.1, -0.05) is 15.9 Å². The van der Waals surface area contributed by atoms with Gasteiger partial charge in [-0.15, -0.1) is 0 Å². The van der Waals surface area contributed by atoms with E-state index in [4.69, 9.17) is 5.11 Å². The molecular weight excluding hydrogens is 198 g/mol. The molecule has 3 nitrogen and oxygen atoms in total. The Morgan fingerprint density at radius 2 is 2.20 bits per heavy atom. The van der Waals surface area contributed by atoms with Crippen LogP contribution in [0.15, 0.2) is 10.1 Å². The van der Waals surface area contributed by atoms with E-state index in [1.54, 1.807) is 0 Å². The smallest absolute Gasteiger partial charge is 0.407 e. The van der Waals surface area contributed by atoms with Crippen LogP contribution in [0.5, 0.6) is 0 Å². The van der Waals surface area contributed by atoms with E-state index in [1.165, 1.54) is 10.5 Å². The van der Waals surface area contributed by atoms with Crippen LogP contribution in [0.25, 0.3) is 0 Å². The Balaban J connectivity index is 2.45. The molecule has 0 unspecified atom stereocenters. The van der Waals surface area contributed by atoms with Crippen LogP contribution in [0.2, 0.25) is 0 Å². The first-order chi connectivity index (χ1) is 4.61. The van der Waals surface area contributed by atoms with Crippen LogP contribution < -0.4 is 0 Å². The normalized spacial score (nSPS) is 16.6. The van der Waals surface area contributed by atoms with Crippen molar-refractivity contribution in [3.05, 3.63) is 10.1 Å². The van der Waals surface area contributed by atoms with Crippen molar-refractivity contribution < 1.29 is 9.90 Å². The van der Waals surface area contributed by atoms with Crippen molar-refractivity contribution in [3.63, 3.8) is 0 Å². The molecule has 56 valence electrons. The first kappa shape index (κ1) is 7.60. The third-order valence-corrected chi connectivity index (χ3v) is 2.08. The third kappa shape index (κ3) is 1.31. The van der Waals surface area contributed by atoms with Crippen molar-refractivity contribution in [2.75, 3.05) is 13.1 Å². The fourth-order valence-corrected chi connectivity index (χ4v) is 1.02. The molecule has 1 saturated heterocycles. The van der Waals surface area contributed by atoms with Crippen LogP contribution in [-0.4, -0.2) is 29.2 Å². The Labute approximate surface area is 67.5 Å². The van der Waals surface area contributed by atoms with Gasteiger partial charge < -0.3 is 10.0 Å². The number of likely N-dealkylation sites (tertiary alicyclic amines) is 1. The summed E-state index contributed by atoms with van der Waals surface area (Å²) < 4.78 is 1.06. The van der Waals surface area contributed by atoms with Gasteiger partial charge in [-0.25, -0.2) is 4.79 Å². The minimum atomic E-state index is -0.836. The Bertz CT molecular complexity index is 188. The summed E-state index contributed by atoms with van der Waals surface area (Å²) in [6, 6.07) is 0. The van der Waals surface area contributed by atoms with Crippen molar-refractivity contribution in [1.82, 2.24) is 4.90 Å². The second-order valence-electron chi connectivity index (χ2n) is 2.28. The van der Waals surface area contributed by atoms with E-state index in [9.17, 15) is 4.79 Å². The fraction of sp³-hybridized carbons (Fsp3) is 0.500. The number of amides is 1. The van der Waals surface area contributed by atoms with E-state index in [0.717, 1.165) is 4.48 Å². The number of halogens is 1. The highest BCUT2D eigenvalue weighted by molar-refractivity contribution is 9.11. The summed E-state index contributed by atoms with van der Waals surface area (Å²) in [4.78, 5) is 11.6. The molecule has 0 aromatic carbocycles. The molecule has 0 radical (unpaired) electrons. The largest absolute Gasteiger partial charge is 0.465 e. The predicted octanol–water partition coefficient (Wildman–Crippen LogP) is 1.65. The molecule has 1 aliphatic heterocycles. The molecular formula is C6H8BrNO2. The molecule has 0 aromatic heterocycles. The molecule has 0 atom stereocenters. The van der Waals surface area contributed by atoms with Gasteiger partial charge in [0.2, 0.25) is 0 Å². The second-order valence-corrected chi connectivity index (χ2v) is 3.47. The van der Waals surface area contributed by atoms with Gasteiger partial charge in [-0.3, -0.25) is 0 Å². The van der Waals surface area contributed by atoms with Gasteiger partial charge in [0.15, 0.2) is 0 Å². The summed E-state index contributed by atoms with van der Waals surface area (Å²) in [7, 11) is 0. The van der Waals surface area contributed by atoms with E-state index < -0.39 is 6.09 Å². The standard InChI is InChI=1S/C6H8BrNO2/c1-4(7)5-2-8(3-5)6(9)10/h2-3H2,1H3,(H,9,10). The summed E-state index contributed by atoms with van der Waals surface area (Å²) in [5.74, 6) is 0. The molecule has 10 heavy (non-hydrogen) atoms. The highest BCUT2D eigenvalue weighted by Gasteiger charge is 2.25. The lowest BCUT2D eigenvalue weighted by atomic mass is 10.1. The van der Waals surface area contributed by atoms with Gasteiger partial charge in [0, 0.05) is 13.1 Å². The number of rotatable bonds is 0.